The van der Waals surface area contributed by atoms with Gasteiger partial charge in [0, 0.05) is 31.6 Å². The highest BCUT2D eigenvalue weighted by molar-refractivity contribution is 5.98. The molecular formula is C12H14N2O4. The topological polar surface area (TPSA) is 83.7 Å². The number of rotatable bonds is 3. The van der Waals surface area contributed by atoms with Crippen LogP contribution in [0.2, 0.25) is 0 Å². The summed E-state index contributed by atoms with van der Waals surface area (Å²) in [6, 6.07) is 4.73. The predicted molar refractivity (Wildman–Crippen MR) is 65.4 cm³/mol. The van der Waals surface area contributed by atoms with E-state index < -0.39 is 4.92 Å². The molecule has 1 amide bonds. The minimum atomic E-state index is -0.484. The van der Waals surface area contributed by atoms with E-state index in [1.54, 1.807) is 19.1 Å². The number of aliphatic hydroxyl groups is 1. The summed E-state index contributed by atoms with van der Waals surface area (Å²) < 4.78 is 0. The Kier molecular flexibility index (Phi) is 3.29. The number of aliphatic hydroxyl groups excluding tert-OH is 1. The van der Waals surface area contributed by atoms with Gasteiger partial charge in [-0.05, 0) is 12.5 Å². The molecule has 0 saturated carbocycles. The number of anilines is 1. The molecule has 0 aromatic heterocycles. The third-order valence-corrected chi connectivity index (χ3v) is 3.15. The molecule has 1 heterocycles. The summed E-state index contributed by atoms with van der Waals surface area (Å²) in [5, 5.41) is 20.1. The fourth-order valence-corrected chi connectivity index (χ4v) is 2.26. The Balaban J connectivity index is 2.45. The summed E-state index contributed by atoms with van der Waals surface area (Å²) in [5.41, 5.74) is 0.974. The van der Waals surface area contributed by atoms with Crippen molar-refractivity contribution in [2.24, 2.45) is 5.92 Å². The van der Waals surface area contributed by atoms with Gasteiger partial charge < -0.3 is 10.0 Å². The zero-order chi connectivity index (χ0) is 13.3. The van der Waals surface area contributed by atoms with E-state index in [0.717, 1.165) is 0 Å². The van der Waals surface area contributed by atoms with Gasteiger partial charge in [-0.3, -0.25) is 14.9 Å². The third-order valence-electron chi connectivity index (χ3n) is 3.15. The number of hydrogen-bond acceptors (Lipinski definition) is 4. The Bertz CT molecular complexity index is 501. The van der Waals surface area contributed by atoms with Crippen molar-refractivity contribution in [1.82, 2.24) is 0 Å². The van der Waals surface area contributed by atoms with Crippen molar-refractivity contribution in [2.75, 3.05) is 18.1 Å². The lowest BCUT2D eigenvalue weighted by molar-refractivity contribution is -0.384. The molecule has 1 fully saturated rings. The second-order valence-corrected chi connectivity index (χ2v) is 4.46. The maximum atomic E-state index is 11.9. The number of para-hydroxylation sites is 1. The van der Waals surface area contributed by atoms with E-state index in [1.807, 2.05) is 0 Å². The first kappa shape index (κ1) is 12.5. The van der Waals surface area contributed by atoms with E-state index >= 15 is 0 Å². The van der Waals surface area contributed by atoms with Crippen molar-refractivity contribution in [1.29, 1.82) is 0 Å². The minimum absolute atomic E-state index is 0.0676. The van der Waals surface area contributed by atoms with E-state index in [9.17, 15) is 14.9 Å². The first-order valence-electron chi connectivity index (χ1n) is 5.69. The van der Waals surface area contributed by atoms with Gasteiger partial charge in [-0.1, -0.05) is 12.1 Å². The van der Waals surface area contributed by atoms with Crippen LogP contribution in [0.15, 0.2) is 18.2 Å². The van der Waals surface area contributed by atoms with Gasteiger partial charge in [-0.15, -0.1) is 0 Å². The van der Waals surface area contributed by atoms with Gasteiger partial charge in [0.1, 0.15) is 5.69 Å². The normalized spacial score (nSPS) is 19.3. The SMILES string of the molecule is Cc1cccc([N+](=O)[O-])c1N1CC(CO)CC1=O. The summed E-state index contributed by atoms with van der Waals surface area (Å²) in [5.74, 6) is -0.317. The van der Waals surface area contributed by atoms with Crippen molar-refractivity contribution < 1.29 is 14.8 Å². The Labute approximate surface area is 104 Å². The van der Waals surface area contributed by atoms with Gasteiger partial charge in [-0.2, -0.15) is 0 Å². The molecule has 1 saturated heterocycles. The fourth-order valence-electron chi connectivity index (χ4n) is 2.26. The summed E-state index contributed by atoms with van der Waals surface area (Å²) in [7, 11) is 0. The molecule has 0 spiro atoms. The summed E-state index contributed by atoms with van der Waals surface area (Å²) in [6.07, 6.45) is 0.238. The van der Waals surface area contributed by atoms with Gasteiger partial charge in [-0.25, -0.2) is 0 Å². The van der Waals surface area contributed by atoms with Crippen LogP contribution < -0.4 is 4.90 Å². The zero-order valence-corrected chi connectivity index (χ0v) is 10.00. The van der Waals surface area contributed by atoms with Crippen LogP contribution in [0, 0.1) is 23.0 Å². The molecule has 0 bridgehead atoms. The molecule has 1 aliphatic rings. The van der Waals surface area contributed by atoms with Crippen molar-refractivity contribution in [3.05, 3.63) is 33.9 Å². The highest BCUT2D eigenvalue weighted by atomic mass is 16.6. The number of carbonyl (C=O) groups excluding carboxylic acids is 1. The number of nitrogens with zero attached hydrogens (tertiary/aromatic N) is 2. The average molecular weight is 250 g/mol. The second-order valence-electron chi connectivity index (χ2n) is 4.46. The van der Waals surface area contributed by atoms with Crippen molar-refractivity contribution in [3.8, 4) is 0 Å². The van der Waals surface area contributed by atoms with Crippen LogP contribution in [-0.4, -0.2) is 29.1 Å². The summed E-state index contributed by atoms with van der Waals surface area (Å²) in [6.45, 7) is 1.99. The average Bonchev–Trinajstić information content (AvgIpc) is 2.70. The monoisotopic (exact) mass is 250 g/mol. The van der Waals surface area contributed by atoms with Gasteiger partial charge in [0.25, 0.3) is 5.69 Å². The van der Waals surface area contributed by atoms with Crippen LogP contribution in [-0.2, 0) is 4.79 Å². The van der Waals surface area contributed by atoms with Crippen LogP contribution in [0.5, 0.6) is 0 Å². The first-order valence-corrected chi connectivity index (χ1v) is 5.69. The molecular weight excluding hydrogens is 236 g/mol. The van der Waals surface area contributed by atoms with Crippen LogP contribution >= 0.6 is 0 Å². The molecule has 0 aliphatic carbocycles. The lowest BCUT2D eigenvalue weighted by Crippen LogP contribution is -2.26. The molecule has 1 atom stereocenters. The molecule has 6 nitrogen and oxygen atoms in total. The molecule has 0 radical (unpaired) electrons. The van der Waals surface area contributed by atoms with Crippen LogP contribution in [0.1, 0.15) is 12.0 Å². The molecule has 18 heavy (non-hydrogen) atoms. The largest absolute Gasteiger partial charge is 0.396 e. The molecule has 1 aliphatic heterocycles. The lowest BCUT2D eigenvalue weighted by atomic mass is 10.1. The number of carbonyl (C=O) groups is 1. The molecule has 2 rings (SSSR count). The Morgan fingerprint density at radius 1 is 1.56 bits per heavy atom. The highest BCUT2D eigenvalue weighted by Crippen LogP contribution is 2.35. The van der Waals surface area contributed by atoms with Gasteiger partial charge >= 0.3 is 0 Å². The third kappa shape index (κ3) is 2.06. The van der Waals surface area contributed by atoms with Crippen molar-refractivity contribution in [2.45, 2.75) is 13.3 Å². The summed E-state index contributed by atoms with van der Waals surface area (Å²) in [4.78, 5) is 23.8. The quantitative estimate of drug-likeness (QED) is 0.646. The van der Waals surface area contributed by atoms with E-state index in [0.29, 0.717) is 17.8 Å². The fraction of sp³-hybridized carbons (Fsp3) is 0.417. The smallest absolute Gasteiger partial charge is 0.293 e. The first-order chi connectivity index (χ1) is 8.54. The number of benzene rings is 1. The van der Waals surface area contributed by atoms with Gasteiger partial charge in [0.2, 0.25) is 5.91 Å². The number of hydrogen-bond donors (Lipinski definition) is 1. The molecule has 6 heteroatoms. The standard InChI is InChI=1S/C12H14N2O4/c1-8-3-2-4-10(14(17)18)12(8)13-6-9(7-15)5-11(13)16/h2-4,9,15H,5-7H2,1H3. The Hall–Kier alpha value is -1.95. The van der Waals surface area contributed by atoms with E-state index in [1.165, 1.54) is 11.0 Å². The van der Waals surface area contributed by atoms with E-state index in [2.05, 4.69) is 0 Å². The molecule has 1 aromatic carbocycles. The Morgan fingerprint density at radius 2 is 2.28 bits per heavy atom. The molecule has 1 N–H and O–H groups in total. The van der Waals surface area contributed by atoms with E-state index in [4.69, 9.17) is 5.11 Å². The zero-order valence-electron chi connectivity index (χ0n) is 10.00. The number of nitro benzene ring substituents is 1. The van der Waals surface area contributed by atoms with Crippen LogP contribution in [0.4, 0.5) is 11.4 Å². The number of aryl methyl sites for hydroxylation is 1. The van der Waals surface area contributed by atoms with Crippen LogP contribution in [0.25, 0.3) is 0 Å². The predicted octanol–water partition coefficient (Wildman–Crippen LogP) is 1.25. The second kappa shape index (κ2) is 4.73. The number of amides is 1. The van der Waals surface area contributed by atoms with Gasteiger partial charge in [0.05, 0.1) is 4.92 Å². The Morgan fingerprint density at radius 3 is 2.83 bits per heavy atom. The van der Waals surface area contributed by atoms with Gasteiger partial charge in [0.15, 0.2) is 0 Å². The van der Waals surface area contributed by atoms with E-state index in [-0.39, 0.29) is 30.5 Å². The maximum absolute atomic E-state index is 11.9. The number of nitro groups is 1. The highest BCUT2D eigenvalue weighted by Gasteiger charge is 2.34. The van der Waals surface area contributed by atoms with Crippen molar-refractivity contribution in [3.63, 3.8) is 0 Å². The minimum Gasteiger partial charge on any atom is -0.396 e. The van der Waals surface area contributed by atoms with Crippen LogP contribution in [0.3, 0.4) is 0 Å². The summed E-state index contributed by atoms with van der Waals surface area (Å²) >= 11 is 0. The lowest BCUT2D eigenvalue weighted by Gasteiger charge is -2.18. The molecule has 96 valence electrons. The molecule has 1 unspecified atom stereocenters. The van der Waals surface area contributed by atoms with Crippen molar-refractivity contribution >= 4 is 17.3 Å². The molecule has 1 aromatic rings. The maximum Gasteiger partial charge on any atom is 0.293 e.